The summed E-state index contributed by atoms with van der Waals surface area (Å²) in [5.41, 5.74) is 5.53. The third-order valence-corrected chi connectivity index (χ3v) is 11.3. The Bertz CT molecular complexity index is 1480. The molecular formula is C30H40N6O4S. The van der Waals surface area contributed by atoms with Crippen LogP contribution in [0.3, 0.4) is 0 Å². The van der Waals surface area contributed by atoms with Gasteiger partial charge in [-0.3, -0.25) is 9.52 Å². The average Bonchev–Trinajstić information content (AvgIpc) is 3.80. The SMILES string of the molecule is CN1CCc2cc(C(=O)Nc3ccc(NS(=O)(=O)CCO)cc3N3CCC4(CC3)CC4)nc(N3CCC4(CC4)C3)c21. The average molecular weight is 581 g/mol. The van der Waals surface area contributed by atoms with E-state index in [4.69, 9.17) is 10.1 Å². The van der Waals surface area contributed by atoms with E-state index in [9.17, 15) is 13.2 Å². The second-order valence-corrected chi connectivity index (χ2v) is 14.8. The normalized spacial score (nSPS) is 21.9. The molecule has 7 rings (SSSR count). The second-order valence-electron chi connectivity index (χ2n) is 13.0. The molecule has 0 bridgehead atoms. The van der Waals surface area contributed by atoms with E-state index in [-0.39, 0.29) is 11.7 Å². The first kappa shape index (κ1) is 26.8. The van der Waals surface area contributed by atoms with Gasteiger partial charge in [-0.2, -0.15) is 0 Å². The summed E-state index contributed by atoms with van der Waals surface area (Å²) in [7, 11) is -1.57. The van der Waals surface area contributed by atoms with Crippen molar-refractivity contribution in [3.8, 4) is 0 Å². The van der Waals surface area contributed by atoms with Crippen LogP contribution in [0, 0.1) is 10.8 Å². The van der Waals surface area contributed by atoms with Crippen molar-refractivity contribution in [3.05, 3.63) is 35.5 Å². The predicted octanol–water partition coefficient (Wildman–Crippen LogP) is 3.43. The number of carbonyl (C=O) groups excluding carboxylic acids is 1. The zero-order valence-electron chi connectivity index (χ0n) is 23.8. The maximum atomic E-state index is 13.8. The number of likely N-dealkylation sites (N-methyl/N-ethyl adjacent to an activating group) is 1. The van der Waals surface area contributed by atoms with E-state index in [0.29, 0.717) is 27.9 Å². The molecule has 2 aromatic rings. The standard InChI is InChI=1S/C30H40N6O4S/c1-34-12-4-21-18-24(31-27(26(21)34)36-15-11-30(20-36)7-8-30)28(38)32-23-3-2-22(33-41(39,40)17-16-37)19-25(23)35-13-9-29(5-6-29)10-14-35/h2-3,18-19,33,37H,4-17,20H2,1H3,(H,32,38). The molecule has 2 spiro atoms. The molecular weight excluding hydrogens is 540 g/mol. The minimum Gasteiger partial charge on any atom is -0.395 e. The lowest BCUT2D eigenvalue weighted by molar-refractivity contribution is 0.102. The van der Waals surface area contributed by atoms with Gasteiger partial charge in [0.15, 0.2) is 5.82 Å². The number of hydrogen-bond acceptors (Lipinski definition) is 8. The number of aromatic nitrogens is 1. The molecule has 2 saturated heterocycles. The molecule has 220 valence electrons. The van der Waals surface area contributed by atoms with E-state index in [0.717, 1.165) is 69.2 Å². The molecule has 1 amide bonds. The summed E-state index contributed by atoms with van der Waals surface area (Å²) in [6.45, 7) is 4.18. The highest BCUT2D eigenvalue weighted by Crippen LogP contribution is 2.55. The molecule has 4 fully saturated rings. The van der Waals surface area contributed by atoms with Crippen molar-refractivity contribution in [2.45, 2.75) is 51.4 Å². The van der Waals surface area contributed by atoms with E-state index >= 15 is 0 Å². The smallest absolute Gasteiger partial charge is 0.274 e. The van der Waals surface area contributed by atoms with Gasteiger partial charge in [0.25, 0.3) is 5.91 Å². The lowest BCUT2D eigenvalue weighted by Gasteiger charge is -2.35. The van der Waals surface area contributed by atoms with Crippen LogP contribution >= 0.6 is 0 Å². The van der Waals surface area contributed by atoms with Gasteiger partial charge in [0, 0.05) is 39.8 Å². The quantitative estimate of drug-likeness (QED) is 0.435. The molecule has 1 aromatic carbocycles. The number of benzene rings is 1. The Balaban J connectivity index is 1.18. The number of carbonyl (C=O) groups is 1. The van der Waals surface area contributed by atoms with Gasteiger partial charge >= 0.3 is 0 Å². The number of nitrogens with zero attached hydrogens (tertiary/aromatic N) is 4. The van der Waals surface area contributed by atoms with Crippen LogP contribution < -0.4 is 24.7 Å². The van der Waals surface area contributed by atoms with Crippen molar-refractivity contribution < 1.29 is 18.3 Å². The number of hydrogen-bond donors (Lipinski definition) is 3. The third kappa shape index (κ3) is 5.22. The van der Waals surface area contributed by atoms with Gasteiger partial charge in [-0.25, -0.2) is 13.4 Å². The number of nitrogens with one attached hydrogen (secondary N) is 2. The van der Waals surface area contributed by atoms with E-state index < -0.39 is 16.6 Å². The van der Waals surface area contributed by atoms with E-state index in [2.05, 4.69) is 31.8 Å². The molecule has 2 saturated carbocycles. The van der Waals surface area contributed by atoms with Crippen molar-refractivity contribution >= 4 is 44.5 Å². The molecule has 10 nitrogen and oxygen atoms in total. The van der Waals surface area contributed by atoms with Crippen molar-refractivity contribution in [2.24, 2.45) is 10.8 Å². The van der Waals surface area contributed by atoms with Gasteiger partial charge in [-0.05, 0) is 92.0 Å². The minimum atomic E-state index is -3.67. The van der Waals surface area contributed by atoms with E-state index in [1.807, 2.05) is 6.07 Å². The summed E-state index contributed by atoms with van der Waals surface area (Å²) in [4.78, 5) is 25.6. The number of aliphatic hydroxyl groups is 1. The molecule has 11 heteroatoms. The first-order valence-electron chi connectivity index (χ1n) is 15.0. The second kappa shape index (κ2) is 9.76. The van der Waals surface area contributed by atoms with Crippen LogP contribution in [0.1, 0.15) is 61.0 Å². The fraction of sp³-hybridized carbons (Fsp3) is 0.600. The maximum Gasteiger partial charge on any atom is 0.274 e. The maximum absolute atomic E-state index is 13.8. The highest BCUT2D eigenvalue weighted by Gasteiger charge is 2.49. The fourth-order valence-corrected chi connectivity index (χ4v) is 7.85. The molecule has 0 radical (unpaired) electrons. The summed E-state index contributed by atoms with van der Waals surface area (Å²) in [6.07, 6.45) is 9.42. The first-order chi connectivity index (χ1) is 19.7. The number of aliphatic hydroxyl groups excluding tert-OH is 1. The van der Waals surface area contributed by atoms with E-state index in [1.165, 1.54) is 37.7 Å². The largest absolute Gasteiger partial charge is 0.395 e. The topological polar surface area (TPSA) is 118 Å². The monoisotopic (exact) mass is 580 g/mol. The molecule has 5 aliphatic rings. The molecule has 4 heterocycles. The highest BCUT2D eigenvalue weighted by molar-refractivity contribution is 7.92. The van der Waals surface area contributed by atoms with Gasteiger partial charge in [0.05, 0.1) is 35.1 Å². The third-order valence-electron chi connectivity index (χ3n) is 10.1. The zero-order chi connectivity index (χ0) is 28.4. The van der Waals surface area contributed by atoms with Crippen LogP contribution in [0.2, 0.25) is 0 Å². The minimum absolute atomic E-state index is 0.255. The number of piperidine rings is 1. The van der Waals surface area contributed by atoms with Crippen molar-refractivity contribution in [3.63, 3.8) is 0 Å². The molecule has 1 aromatic heterocycles. The van der Waals surface area contributed by atoms with Crippen LogP contribution in [0.25, 0.3) is 0 Å². The Morgan fingerprint density at radius 3 is 2.37 bits per heavy atom. The molecule has 0 unspecified atom stereocenters. The predicted molar refractivity (Wildman–Crippen MR) is 162 cm³/mol. The number of anilines is 5. The summed E-state index contributed by atoms with van der Waals surface area (Å²) in [5, 5.41) is 12.3. The molecule has 3 N–H and O–H groups in total. The van der Waals surface area contributed by atoms with Crippen molar-refractivity contribution in [1.29, 1.82) is 0 Å². The highest BCUT2D eigenvalue weighted by atomic mass is 32.2. The van der Waals surface area contributed by atoms with Gasteiger partial charge in [-0.15, -0.1) is 0 Å². The molecule has 2 aliphatic carbocycles. The van der Waals surface area contributed by atoms with Crippen LogP contribution in [0.4, 0.5) is 28.6 Å². The van der Waals surface area contributed by atoms with Gasteiger partial charge in [0.2, 0.25) is 10.0 Å². The van der Waals surface area contributed by atoms with E-state index in [1.54, 1.807) is 18.2 Å². The Morgan fingerprint density at radius 1 is 0.976 bits per heavy atom. The van der Waals surface area contributed by atoms with Crippen molar-refractivity contribution in [1.82, 2.24) is 4.98 Å². The Hall–Kier alpha value is -3.05. The number of sulfonamides is 1. The number of pyridine rings is 1. The van der Waals surface area contributed by atoms with Crippen LogP contribution in [0.15, 0.2) is 24.3 Å². The van der Waals surface area contributed by atoms with Gasteiger partial charge < -0.3 is 25.1 Å². The van der Waals surface area contributed by atoms with Crippen LogP contribution in [0.5, 0.6) is 0 Å². The molecule has 0 atom stereocenters. The zero-order valence-corrected chi connectivity index (χ0v) is 24.6. The molecule has 3 aliphatic heterocycles. The number of amides is 1. The van der Waals surface area contributed by atoms with Gasteiger partial charge in [0.1, 0.15) is 5.69 Å². The summed E-state index contributed by atoms with van der Waals surface area (Å²) >= 11 is 0. The Kier molecular flexibility index (Phi) is 6.39. The fourth-order valence-electron chi connectivity index (χ4n) is 7.02. The number of rotatable bonds is 8. The van der Waals surface area contributed by atoms with Crippen LogP contribution in [-0.2, 0) is 16.4 Å². The summed E-state index contributed by atoms with van der Waals surface area (Å²) in [6, 6.07) is 7.17. The molecule has 41 heavy (non-hydrogen) atoms. The summed E-state index contributed by atoms with van der Waals surface area (Å²) in [5.74, 6) is 0.303. The van der Waals surface area contributed by atoms with Crippen LogP contribution in [-0.4, -0.2) is 76.5 Å². The van der Waals surface area contributed by atoms with Crippen molar-refractivity contribution in [2.75, 3.05) is 76.9 Å². The lowest BCUT2D eigenvalue weighted by atomic mass is 9.93. The Labute approximate surface area is 242 Å². The lowest BCUT2D eigenvalue weighted by Crippen LogP contribution is -2.35. The Morgan fingerprint density at radius 2 is 1.68 bits per heavy atom. The van der Waals surface area contributed by atoms with Gasteiger partial charge in [-0.1, -0.05) is 0 Å². The first-order valence-corrected chi connectivity index (χ1v) is 16.6. The number of fused-ring (bicyclic) bond motifs is 1. The summed E-state index contributed by atoms with van der Waals surface area (Å²) < 4.78 is 27.3.